The Morgan fingerprint density at radius 3 is 3.00 bits per heavy atom. The SMILES string of the molecule is Cc1ccc(C)c(OCC(=O)NC2CCNC(C)C2)c1. The Labute approximate surface area is 120 Å². The largest absolute Gasteiger partial charge is 0.483 e. The molecule has 0 bridgehead atoms. The molecule has 0 aromatic heterocycles. The normalized spacial score (nSPS) is 22.4. The quantitative estimate of drug-likeness (QED) is 0.883. The van der Waals surface area contributed by atoms with Gasteiger partial charge >= 0.3 is 0 Å². The number of benzene rings is 1. The second kappa shape index (κ2) is 6.75. The van der Waals surface area contributed by atoms with E-state index in [0.29, 0.717) is 6.04 Å². The number of rotatable bonds is 4. The molecule has 0 aliphatic carbocycles. The summed E-state index contributed by atoms with van der Waals surface area (Å²) in [7, 11) is 0. The maximum atomic E-state index is 11.9. The Kier molecular flexibility index (Phi) is 5.01. The van der Waals surface area contributed by atoms with E-state index in [1.165, 1.54) is 0 Å². The van der Waals surface area contributed by atoms with Gasteiger partial charge in [-0.1, -0.05) is 12.1 Å². The minimum atomic E-state index is -0.0370. The third-order valence-electron chi connectivity index (χ3n) is 3.69. The molecule has 110 valence electrons. The van der Waals surface area contributed by atoms with Crippen molar-refractivity contribution >= 4 is 5.91 Å². The highest BCUT2D eigenvalue weighted by Crippen LogP contribution is 2.18. The van der Waals surface area contributed by atoms with Crippen LogP contribution in [-0.2, 0) is 4.79 Å². The Balaban J connectivity index is 1.81. The molecule has 2 unspecified atom stereocenters. The Morgan fingerprint density at radius 1 is 1.45 bits per heavy atom. The molecule has 1 aliphatic heterocycles. The maximum Gasteiger partial charge on any atom is 0.258 e. The molecule has 0 spiro atoms. The first-order valence-electron chi connectivity index (χ1n) is 7.27. The van der Waals surface area contributed by atoms with Crippen molar-refractivity contribution in [1.82, 2.24) is 10.6 Å². The molecule has 0 radical (unpaired) electrons. The molecule has 1 fully saturated rings. The maximum absolute atomic E-state index is 11.9. The van der Waals surface area contributed by atoms with E-state index in [9.17, 15) is 4.79 Å². The highest BCUT2D eigenvalue weighted by atomic mass is 16.5. The molecule has 4 nitrogen and oxygen atoms in total. The number of nitrogens with one attached hydrogen (secondary N) is 2. The number of carbonyl (C=O) groups is 1. The van der Waals surface area contributed by atoms with Crippen molar-refractivity contribution in [1.29, 1.82) is 0 Å². The Hall–Kier alpha value is -1.55. The number of aryl methyl sites for hydroxylation is 2. The van der Waals surface area contributed by atoms with Gasteiger partial charge in [0, 0.05) is 12.1 Å². The average molecular weight is 276 g/mol. The van der Waals surface area contributed by atoms with Crippen LogP contribution in [0.4, 0.5) is 0 Å². The number of amides is 1. The number of ether oxygens (including phenoxy) is 1. The lowest BCUT2D eigenvalue weighted by atomic mass is 10.0. The van der Waals surface area contributed by atoms with Crippen LogP contribution >= 0.6 is 0 Å². The summed E-state index contributed by atoms with van der Waals surface area (Å²) in [4.78, 5) is 11.9. The molecule has 1 aromatic carbocycles. The van der Waals surface area contributed by atoms with Gasteiger partial charge in [-0.25, -0.2) is 0 Å². The van der Waals surface area contributed by atoms with Crippen molar-refractivity contribution in [3.63, 3.8) is 0 Å². The number of carbonyl (C=O) groups excluding carboxylic acids is 1. The van der Waals surface area contributed by atoms with Gasteiger partial charge in [-0.05, 0) is 57.4 Å². The van der Waals surface area contributed by atoms with Gasteiger partial charge in [0.05, 0.1) is 0 Å². The second-order valence-corrected chi connectivity index (χ2v) is 5.70. The summed E-state index contributed by atoms with van der Waals surface area (Å²) < 4.78 is 5.62. The lowest BCUT2D eigenvalue weighted by molar-refractivity contribution is -0.124. The zero-order valence-electron chi connectivity index (χ0n) is 12.5. The molecule has 1 amide bonds. The topological polar surface area (TPSA) is 50.4 Å². The fourth-order valence-corrected chi connectivity index (χ4v) is 2.54. The van der Waals surface area contributed by atoms with E-state index in [1.54, 1.807) is 0 Å². The van der Waals surface area contributed by atoms with Crippen LogP contribution in [0, 0.1) is 13.8 Å². The molecule has 1 aromatic rings. The van der Waals surface area contributed by atoms with E-state index in [1.807, 2.05) is 32.0 Å². The van der Waals surface area contributed by atoms with Crippen LogP contribution in [-0.4, -0.2) is 31.1 Å². The van der Waals surface area contributed by atoms with Crippen LogP contribution in [0.2, 0.25) is 0 Å². The van der Waals surface area contributed by atoms with E-state index in [2.05, 4.69) is 17.6 Å². The van der Waals surface area contributed by atoms with Crippen molar-refractivity contribution < 1.29 is 9.53 Å². The van der Waals surface area contributed by atoms with Crippen LogP contribution in [0.25, 0.3) is 0 Å². The van der Waals surface area contributed by atoms with Crippen molar-refractivity contribution in [2.45, 2.75) is 45.7 Å². The number of hydrogen-bond donors (Lipinski definition) is 2. The van der Waals surface area contributed by atoms with E-state index in [4.69, 9.17) is 4.74 Å². The van der Waals surface area contributed by atoms with Crippen LogP contribution in [0.5, 0.6) is 5.75 Å². The molecular formula is C16H24N2O2. The first-order valence-corrected chi connectivity index (χ1v) is 7.27. The third kappa shape index (κ3) is 4.23. The molecule has 0 saturated carbocycles. The van der Waals surface area contributed by atoms with E-state index >= 15 is 0 Å². The molecule has 1 aliphatic rings. The van der Waals surface area contributed by atoms with Crippen LogP contribution in [0.15, 0.2) is 18.2 Å². The van der Waals surface area contributed by atoms with E-state index in [0.717, 1.165) is 36.3 Å². The van der Waals surface area contributed by atoms with Crippen molar-refractivity contribution in [3.05, 3.63) is 29.3 Å². The van der Waals surface area contributed by atoms with Gasteiger partial charge in [0.15, 0.2) is 6.61 Å². The van der Waals surface area contributed by atoms with Gasteiger partial charge in [0.25, 0.3) is 5.91 Å². The van der Waals surface area contributed by atoms with Crippen LogP contribution < -0.4 is 15.4 Å². The molecule has 20 heavy (non-hydrogen) atoms. The standard InChI is InChI=1S/C16H24N2O2/c1-11-4-5-12(2)15(8-11)20-10-16(19)18-14-6-7-17-13(3)9-14/h4-5,8,13-14,17H,6-7,9-10H2,1-3H3,(H,18,19). The molecule has 1 saturated heterocycles. The van der Waals surface area contributed by atoms with Crippen molar-refractivity contribution in [2.75, 3.05) is 13.2 Å². The van der Waals surface area contributed by atoms with Crippen molar-refractivity contribution in [3.8, 4) is 5.75 Å². The fourth-order valence-electron chi connectivity index (χ4n) is 2.54. The monoisotopic (exact) mass is 276 g/mol. The molecule has 1 heterocycles. The van der Waals surface area contributed by atoms with Gasteiger partial charge in [-0.3, -0.25) is 4.79 Å². The summed E-state index contributed by atoms with van der Waals surface area (Å²) in [5.74, 6) is 0.754. The second-order valence-electron chi connectivity index (χ2n) is 5.70. The zero-order valence-corrected chi connectivity index (χ0v) is 12.5. The molecule has 2 atom stereocenters. The van der Waals surface area contributed by atoms with Gasteiger partial charge in [-0.2, -0.15) is 0 Å². The lowest BCUT2D eigenvalue weighted by Gasteiger charge is -2.28. The van der Waals surface area contributed by atoms with Crippen LogP contribution in [0.3, 0.4) is 0 Å². The zero-order chi connectivity index (χ0) is 14.5. The minimum Gasteiger partial charge on any atom is -0.483 e. The average Bonchev–Trinajstić information content (AvgIpc) is 2.40. The summed E-state index contributed by atoms with van der Waals surface area (Å²) >= 11 is 0. The minimum absolute atomic E-state index is 0.0370. The highest BCUT2D eigenvalue weighted by Gasteiger charge is 2.19. The Morgan fingerprint density at radius 2 is 2.25 bits per heavy atom. The molecule has 2 N–H and O–H groups in total. The van der Waals surface area contributed by atoms with Gasteiger partial charge in [0.1, 0.15) is 5.75 Å². The first kappa shape index (κ1) is 14.9. The fraction of sp³-hybridized carbons (Fsp3) is 0.562. The summed E-state index contributed by atoms with van der Waals surface area (Å²) in [6, 6.07) is 6.75. The number of piperidine rings is 1. The smallest absolute Gasteiger partial charge is 0.258 e. The predicted octanol–water partition coefficient (Wildman–Crippen LogP) is 1.94. The first-order chi connectivity index (χ1) is 9.54. The van der Waals surface area contributed by atoms with Crippen molar-refractivity contribution in [2.24, 2.45) is 0 Å². The summed E-state index contributed by atoms with van der Waals surface area (Å²) in [5.41, 5.74) is 2.19. The molecular weight excluding hydrogens is 252 g/mol. The lowest BCUT2D eigenvalue weighted by Crippen LogP contribution is -2.47. The summed E-state index contributed by atoms with van der Waals surface area (Å²) in [6.45, 7) is 7.20. The number of hydrogen-bond acceptors (Lipinski definition) is 3. The predicted molar refractivity (Wildman–Crippen MR) is 80.0 cm³/mol. The van der Waals surface area contributed by atoms with Gasteiger partial charge < -0.3 is 15.4 Å². The summed E-state index contributed by atoms with van der Waals surface area (Å²) in [6.07, 6.45) is 1.97. The third-order valence-corrected chi connectivity index (χ3v) is 3.69. The van der Waals surface area contributed by atoms with E-state index < -0.39 is 0 Å². The Bertz CT molecular complexity index is 474. The molecule has 2 rings (SSSR count). The van der Waals surface area contributed by atoms with Gasteiger partial charge in [-0.15, -0.1) is 0 Å². The van der Waals surface area contributed by atoms with Crippen LogP contribution in [0.1, 0.15) is 30.9 Å². The molecule has 4 heteroatoms. The van der Waals surface area contributed by atoms with Gasteiger partial charge in [0.2, 0.25) is 0 Å². The highest BCUT2D eigenvalue weighted by molar-refractivity contribution is 5.77. The van der Waals surface area contributed by atoms with E-state index in [-0.39, 0.29) is 18.6 Å². The summed E-state index contributed by atoms with van der Waals surface area (Å²) in [5, 5.41) is 6.42.